The first-order valence-electron chi connectivity index (χ1n) is 19.0. The van der Waals surface area contributed by atoms with E-state index in [1.807, 2.05) is 60.7 Å². The van der Waals surface area contributed by atoms with Crippen molar-refractivity contribution >= 4 is 33.8 Å². The predicted octanol–water partition coefficient (Wildman–Crippen LogP) is 6.23. The van der Waals surface area contributed by atoms with E-state index in [1.165, 1.54) is 12.1 Å². The van der Waals surface area contributed by atoms with Crippen LogP contribution in [0.4, 0.5) is 10.5 Å². The van der Waals surface area contributed by atoms with E-state index in [4.69, 9.17) is 4.42 Å². The number of nitrogens with zero attached hydrogens (tertiary/aromatic N) is 3. The Bertz CT molecular complexity index is 2450. The van der Waals surface area contributed by atoms with Crippen LogP contribution in [0.25, 0.3) is 33.1 Å². The highest BCUT2D eigenvalue weighted by molar-refractivity contribution is 5.94. The number of aromatic hydroxyl groups is 1. The van der Waals surface area contributed by atoms with Gasteiger partial charge in [0.2, 0.25) is 5.56 Å². The number of amides is 1. The van der Waals surface area contributed by atoms with Crippen LogP contribution in [0.5, 0.6) is 5.75 Å². The average Bonchev–Trinajstić information content (AvgIpc) is 3.51. The maximum Gasteiger partial charge on any atom is 0.419 e. The lowest BCUT2D eigenvalue weighted by molar-refractivity contribution is 0.0838. The molecule has 9 rings (SSSR count). The summed E-state index contributed by atoms with van der Waals surface area (Å²) in [5.74, 6) is -0.111. The van der Waals surface area contributed by atoms with E-state index < -0.39 is 18.0 Å². The van der Waals surface area contributed by atoms with Crippen molar-refractivity contribution in [1.82, 2.24) is 19.8 Å². The number of H-pyrrole nitrogens is 1. The number of nitrogens with one attached hydrogen (secondary N) is 2. The van der Waals surface area contributed by atoms with E-state index >= 15 is 0 Å². The summed E-state index contributed by atoms with van der Waals surface area (Å²) >= 11 is 0. The lowest BCUT2D eigenvalue weighted by Gasteiger charge is -2.48. The van der Waals surface area contributed by atoms with Gasteiger partial charge < -0.3 is 34.9 Å². The first-order chi connectivity index (χ1) is 26.7. The zero-order chi connectivity index (χ0) is 38.1. The first-order valence-corrected chi connectivity index (χ1v) is 19.0. The van der Waals surface area contributed by atoms with Crippen molar-refractivity contribution < 1.29 is 24.5 Å². The fraction of sp³-hybridized carbons (Fsp3) is 0.326. The minimum atomic E-state index is -0.913. The van der Waals surface area contributed by atoms with E-state index in [9.17, 15) is 29.7 Å². The van der Waals surface area contributed by atoms with Crippen molar-refractivity contribution in [3.63, 3.8) is 0 Å². The number of aromatic amines is 1. The third kappa shape index (κ3) is 7.53. The van der Waals surface area contributed by atoms with Gasteiger partial charge in [-0.05, 0) is 110 Å². The summed E-state index contributed by atoms with van der Waals surface area (Å²) < 4.78 is 7.29. The number of phenols is 1. The van der Waals surface area contributed by atoms with Crippen molar-refractivity contribution in [2.24, 2.45) is 5.92 Å². The fourth-order valence-corrected chi connectivity index (χ4v) is 8.49. The number of aryl methyl sites for hydroxylation is 2. The number of piperidine rings is 3. The van der Waals surface area contributed by atoms with Crippen molar-refractivity contribution in [1.29, 1.82) is 0 Å². The van der Waals surface area contributed by atoms with Crippen LogP contribution in [0.1, 0.15) is 48.5 Å². The van der Waals surface area contributed by atoms with Crippen LogP contribution in [0.3, 0.4) is 0 Å². The minimum Gasteiger partial charge on any atom is -0.506 e. The van der Waals surface area contributed by atoms with Gasteiger partial charge in [-0.15, -0.1) is 0 Å². The summed E-state index contributed by atoms with van der Waals surface area (Å²) in [6.07, 6.45) is 2.59. The molecule has 1 amide bonds. The number of phenolic OH excluding ortho intramolecular Hbond substituents is 1. The SMILES string of the molecule is O=C(O)N(c1ccc(CCCCn2c(=O)oc3cc(CNC[C@@H](O)c4ccc(O)c5[nH]c(=O)ccc45)ccc32)cc1-c1ccccc1)[C@H]1CN2CCC1CC2. The number of benzene rings is 4. The summed E-state index contributed by atoms with van der Waals surface area (Å²) in [5, 5.41) is 35.4. The van der Waals surface area contributed by atoms with Gasteiger partial charge in [-0.25, -0.2) is 9.59 Å². The number of rotatable bonds is 13. The molecular formula is C43H45N5O7. The van der Waals surface area contributed by atoms with E-state index in [-0.39, 0.29) is 29.4 Å². The number of aromatic nitrogens is 2. The summed E-state index contributed by atoms with van der Waals surface area (Å²) in [5.41, 5.74) is 6.36. The number of fused-ring (bicyclic) bond motifs is 5. The summed E-state index contributed by atoms with van der Waals surface area (Å²) in [4.78, 5) is 44.1. The summed E-state index contributed by atoms with van der Waals surface area (Å²) in [6, 6.07) is 27.7. The van der Waals surface area contributed by atoms with Crippen molar-refractivity contribution in [2.75, 3.05) is 31.1 Å². The average molecular weight is 744 g/mol. The van der Waals surface area contributed by atoms with Gasteiger partial charge in [-0.1, -0.05) is 48.5 Å². The molecule has 0 unspecified atom stereocenters. The molecule has 3 aliphatic heterocycles. The van der Waals surface area contributed by atoms with Crippen LogP contribution in [-0.2, 0) is 19.5 Å². The second-order valence-corrected chi connectivity index (χ2v) is 14.8. The summed E-state index contributed by atoms with van der Waals surface area (Å²) in [6.45, 7) is 3.98. The maximum atomic E-state index is 12.9. The van der Waals surface area contributed by atoms with Gasteiger partial charge >= 0.3 is 11.8 Å². The Morgan fingerprint density at radius 2 is 1.75 bits per heavy atom. The summed E-state index contributed by atoms with van der Waals surface area (Å²) in [7, 11) is 0. The number of pyridine rings is 1. The molecule has 3 aliphatic rings. The first kappa shape index (κ1) is 36.3. The molecule has 6 aromatic rings. The van der Waals surface area contributed by atoms with Crippen LogP contribution in [0.2, 0.25) is 0 Å². The third-order valence-electron chi connectivity index (χ3n) is 11.3. The molecule has 0 aliphatic carbocycles. The number of carbonyl (C=O) groups is 1. The standard InChI is InChI=1S/C43H45N5O7/c49-37-15-11-31(32-12-16-40(51)45-41(32)37)38(50)25-44-24-28-10-14-35-39(23-28)55-43(54)47(35)19-5-4-6-27-9-13-34(33(22-27)29-7-2-1-3-8-29)48(42(52)53)36-26-46-20-17-30(36)18-21-46/h1-3,7-16,22-23,30,36,38,44,49-50H,4-6,17-21,24-26H2,(H,45,51)(H,52,53)/t36-,38+/m0/s1. The molecule has 3 fully saturated rings. The largest absolute Gasteiger partial charge is 0.506 e. The van der Waals surface area contributed by atoms with Crippen LogP contribution in [0, 0.1) is 5.92 Å². The second kappa shape index (κ2) is 15.6. The van der Waals surface area contributed by atoms with E-state index in [1.54, 1.807) is 21.6 Å². The van der Waals surface area contributed by atoms with Gasteiger partial charge in [0.15, 0.2) is 5.58 Å². The number of aliphatic hydroxyl groups excluding tert-OH is 1. The number of anilines is 1. The van der Waals surface area contributed by atoms with Crippen molar-refractivity contribution in [2.45, 2.75) is 57.3 Å². The van der Waals surface area contributed by atoms with Crippen molar-refractivity contribution in [3.8, 4) is 16.9 Å². The molecule has 2 atom stereocenters. The van der Waals surface area contributed by atoms with Gasteiger partial charge in [0.05, 0.1) is 28.9 Å². The van der Waals surface area contributed by atoms with Crippen LogP contribution >= 0.6 is 0 Å². The zero-order valence-corrected chi connectivity index (χ0v) is 30.5. The molecule has 284 valence electrons. The lowest BCUT2D eigenvalue weighted by Crippen LogP contribution is -2.58. The Balaban J connectivity index is 0.906. The molecule has 12 nitrogen and oxygen atoms in total. The highest BCUT2D eigenvalue weighted by Crippen LogP contribution is 2.39. The van der Waals surface area contributed by atoms with E-state index in [2.05, 4.69) is 21.3 Å². The van der Waals surface area contributed by atoms with E-state index in [0.29, 0.717) is 35.5 Å². The number of hydrogen-bond donors (Lipinski definition) is 5. The number of unbranched alkanes of at least 4 members (excludes halogenated alkanes) is 1. The van der Waals surface area contributed by atoms with Gasteiger partial charge in [0, 0.05) is 43.2 Å². The van der Waals surface area contributed by atoms with Gasteiger partial charge in [-0.2, -0.15) is 0 Å². The number of carboxylic acid groups (broad SMARTS) is 1. The minimum absolute atomic E-state index is 0.0638. The molecule has 0 spiro atoms. The Kier molecular flexibility index (Phi) is 10.3. The number of oxazole rings is 1. The fourth-order valence-electron chi connectivity index (χ4n) is 8.49. The molecule has 2 bridgehead atoms. The molecule has 0 saturated carbocycles. The molecule has 5 N–H and O–H groups in total. The van der Waals surface area contributed by atoms with Crippen molar-refractivity contribution in [3.05, 3.63) is 129 Å². The maximum absolute atomic E-state index is 12.9. The highest BCUT2D eigenvalue weighted by Gasteiger charge is 2.40. The Morgan fingerprint density at radius 3 is 2.51 bits per heavy atom. The monoisotopic (exact) mass is 743 g/mol. The molecule has 12 heteroatoms. The Hall–Kier alpha value is -5.69. The predicted molar refractivity (Wildman–Crippen MR) is 212 cm³/mol. The van der Waals surface area contributed by atoms with E-state index in [0.717, 1.165) is 85.2 Å². The third-order valence-corrected chi connectivity index (χ3v) is 11.3. The van der Waals surface area contributed by atoms with Crippen LogP contribution < -0.4 is 21.5 Å². The lowest BCUT2D eigenvalue weighted by atomic mass is 9.82. The van der Waals surface area contributed by atoms with Crippen LogP contribution in [0.15, 0.2) is 105 Å². The quantitative estimate of drug-likeness (QED) is 0.0863. The molecule has 3 saturated heterocycles. The Morgan fingerprint density at radius 1 is 0.945 bits per heavy atom. The molecule has 2 aromatic heterocycles. The highest BCUT2D eigenvalue weighted by atomic mass is 16.4. The topological polar surface area (TPSA) is 164 Å². The molecular weight excluding hydrogens is 699 g/mol. The Labute approximate surface area is 317 Å². The second-order valence-electron chi connectivity index (χ2n) is 14.8. The number of hydrogen-bond acceptors (Lipinski definition) is 8. The van der Waals surface area contributed by atoms with Crippen LogP contribution in [-0.4, -0.2) is 68.1 Å². The molecule has 4 aromatic carbocycles. The van der Waals surface area contributed by atoms with Gasteiger partial charge in [0.25, 0.3) is 0 Å². The molecule has 5 heterocycles. The van der Waals surface area contributed by atoms with Gasteiger partial charge in [0.1, 0.15) is 5.75 Å². The number of aliphatic hydroxyl groups is 1. The van der Waals surface area contributed by atoms with Gasteiger partial charge in [-0.3, -0.25) is 14.3 Å². The smallest absolute Gasteiger partial charge is 0.419 e. The zero-order valence-electron chi connectivity index (χ0n) is 30.5. The molecule has 55 heavy (non-hydrogen) atoms. The molecule has 0 radical (unpaired) electrons. The normalized spacial score (nSPS) is 18.5.